The highest BCUT2D eigenvalue weighted by atomic mass is 16.8. The molecule has 146 heavy (non-hydrogen) atoms. The predicted octanol–water partition coefficient (Wildman–Crippen LogP) is 1.73. The first-order valence-electron chi connectivity index (χ1n) is 50.3. The van der Waals surface area contributed by atoms with E-state index in [4.69, 9.17) is 90.0 Å². The van der Waals surface area contributed by atoms with Crippen LogP contribution < -0.4 is 37.2 Å². The number of nitrogens with one attached hydrogen (secondary N) is 7. The molecule has 2 aromatic heterocycles. The Morgan fingerprint density at radius 3 is 0.993 bits per heavy atom. The monoisotopic (exact) mass is 2090 g/mol. The van der Waals surface area contributed by atoms with E-state index in [2.05, 4.69) is 57.8 Å². The minimum absolute atomic E-state index is 0.223. The van der Waals surface area contributed by atoms with Gasteiger partial charge in [-0.05, 0) is 202 Å². The molecule has 8 aliphatic rings. The van der Waals surface area contributed by atoms with Gasteiger partial charge >= 0.3 is 42.7 Å². The summed E-state index contributed by atoms with van der Waals surface area (Å²) in [5.74, 6) is -3.15. The van der Waals surface area contributed by atoms with Crippen LogP contribution in [0.5, 0.6) is 0 Å². The lowest BCUT2D eigenvalue weighted by molar-refractivity contribution is -0.319. The maximum atomic E-state index is 14.0. The average molecular weight is 2100 g/mol. The van der Waals surface area contributed by atoms with Crippen LogP contribution in [0.15, 0.2) is 12.4 Å². The molecule has 2 saturated carbocycles. The van der Waals surface area contributed by atoms with Crippen LogP contribution >= 0.6 is 0 Å². The largest absolute Gasteiger partial charge is 0.444 e. The number of rotatable bonds is 33. The normalized spacial score (nSPS) is 36.5. The van der Waals surface area contributed by atoms with Crippen molar-refractivity contribution in [2.24, 2.45) is 23.7 Å². The van der Waals surface area contributed by atoms with Crippen LogP contribution in [-0.4, -0.2) is 401 Å². The van der Waals surface area contributed by atoms with Crippen LogP contribution in [-0.2, 0) is 116 Å². The number of aryl methyl sites for hydroxylation is 2. The zero-order valence-corrected chi connectivity index (χ0v) is 88.5. The van der Waals surface area contributed by atoms with Crippen molar-refractivity contribution in [1.29, 1.82) is 0 Å². The van der Waals surface area contributed by atoms with Gasteiger partial charge in [-0.2, -0.15) is 0 Å². The number of hydrogen-bond acceptors (Lipinski definition) is 42. The standard InChI is InChI=1S/C95H163N13O38/c1-27-50-62(113)59(110)44(4)76(128-50)136-72-54(132-81(68(72)119)139-75-61(112)48(99-85(124)143-92(15,16)17)34-49(100-86(125)144-93(18,19)20)71(75)135-77-45(5)60(111)63(114)51(129-77)35-96-82(121)140-89(6,7)8)40-107-38-46(103-105-107)31-29-28-30-32-47-39-108(106-104-47)41-55-73(137-79-57(102-88(127)146-95(24,25)26)67(118)65(116)53(131-79)37-98-84(123)142-91(12,13)14)69(120)80(133-55)138-74-58(109)42(2)33-43(3)70(74)134-78-56(101-87(126)145-94(21,22)23)66(117)64(115)52(130-78)36-97-83(122)141-90(9,10)11/h38-39,42-45,48-81,109-120H,27-37,40-41H2,1-26H3,(H,96,121)(H,97,122)(H,98,123)(H,99,124)(H,100,125)(H,101,126)(H,102,127)/t42-,43?,44?,45?,48-,49?,50+,51?,52?,53+,54-,55-,56?,57?,58?,59?,60-,61?,62?,63?,64?,65?,66-,67?,68+,69+,70?,71?,72?,73?,74-,75-,76-,77-,78-,79-,80+,81+/m1/s1. The van der Waals surface area contributed by atoms with Crippen molar-refractivity contribution in [2.45, 2.75) is 492 Å². The molecular weight excluding hydrogens is 1930 g/mol. The summed E-state index contributed by atoms with van der Waals surface area (Å²) in [5, 5.41) is 179. The van der Waals surface area contributed by atoms with Gasteiger partial charge in [0.2, 0.25) is 0 Å². The van der Waals surface area contributed by atoms with Crippen molar-refractivity contribution in [2.75, 3.05) is 19.6 Å². The van der Waals surface area contributed by atoms with Gasteiger partial charge in [-0.1, -0.05) is 51.5 Å². The van der Waals surface area contributed by atoms with Gasteiger partial charge in [-0.25, -0.2) is 42.9 Å². The van der Waals surface area contributed by atoms with Gasteiger partial charge in [0.1, 0.15) is 167 Å². The highest BCUT2D eigenvalue weighted by molar-refractivity contribution is 5.71. The second kappa shape index (κ2) is 49.7. The molecule has 10 rings (SSSR count). The molecule has 20 unspecified atom stereocenters. The number of unbranched alkanes of at least 4 members (excludes halogenated alkanes) is 2. The van der Waals surface area contributed by atoms with Crippen LogP contribution in [0.25, 0.3) is 0 Å². The molecule has 0 radical (unpaired) electrons. The van der Waals surface area contributed by atoms with E-state index in [1.807, 2.05) is 0 Å². The van der Waals surface area contributed by atoms with Gasteiger partial charge in [0, 0.05) is 43.9 Å². The number of aliphatic hydroxyl groups is 12. The molecule has 8 fully saturated rings. The van der Waals surface area contributed by atoms with Gasteiger partial charge in [0.25, 0.3) is 0 Å². The van der Waals surface area contributed by atoms with E-state index in [1.165, 1.54) is 16.3 Å². The minimum Gasteiger partial charge on any atom is -0.444 e. The van der Waals surface area contributed by atoms with Gasteiger partial charge in [-0.3, -0.25) is 0 Å². The number of hydrogen-bond donors (Lipinski definition) is 19. The highest BCUT2D eigenvalue weighted by Crippen LogP contribution is 2.43. The van der Waals surface area contributed by atoms with E-state index in [9.17, 15) is 94.8 Å². The van der Waals surface area contributed by atoms with Gasteiger partial charge in [0.15, 0.2) is 37.7 Å². The number of carbonyl (C=O) groups excluding carboxylic acids is 7. The Labute approximate surface area is 850 Å². The van der Waals surface area contributed by atoms with E-state index in [0.29, 0.717) is 43.5 Å². The average Bonchev–Trinajstić information content (AvgIpc) is 1.61. The first-order valence-corrected chi connectivity index (χ1v) is 50.3. The summed E-state index contributed by atoms with van der Waals surface area (Å²) in [5.41, 5.74) is -6.13. The van der Waals surface area contributed by atoms with Crippen LogP contribution in [0.4, 0.5) is 33.6 Å². The molecule has 2 aromatic rings. The Hall–Kier alpha value is -7.79. The molecule has 0 aromatic carbocycles. The number of carbonyl (C=O) groups is 7. The lowest BCUT2D eigenvalue weighted by Gasteiger charge is -2.48. The molecular formula is C95H163N13O38. The van der Waals surface area contributed by atoms with Crippen molar-refractivity contribution in [3.8, 4) is 0 Å². The Kier molecular flexibility index (Phi) is 40.9. The highest BCUT2D eigenvalue weighted by Gasteiger charge is 2.60. The molecule has 38 atom stereocenters. The number of alkyl carbamates (subject to hydrolysis) is 7. The van der Waals surface area contributed by atoms with Gasteiger partial charge in [0.05, 0.1) is 67.1 Å². The lowest BCUT2D eigenvalue weighted by atomic mass is 9.77. The van der Waals surface area contributed by atoms with Crippen LogP contribution in [0, 0.1) is 23.7 Å². The summed E-state index contributed by atoms with van der Waals surface area (Å²) < 4.78 is 121. The second-order valence-electron chi connectivity index (χ2n) is 46.2. The Bertz CT molecular complexity index is 4510. The fourth-order valence-electron chi connectivity index (χ4n) is 18.3. The maximum absolute atomic E-state index is 14.0. The van der Waals surface area contributed by atoms with E-state index in [0.717, 1.165) is 0 Å². The van der Waals surface area contributed by atoms with E-state index in [-0.39, 0.29) is 32.4 Å². The zero-order valence-electron chi connectivity index (χ0n) is 88.5. The SMILES string of the molecule is CC[C@@H]1O[C@H](OC2[C@@H](Cn3cc(CCCCCc4cn(C[C@H]5O[C@@H](O[C@H]6C(O[C@H]7OC(CNC(=O)OC(C)(C)C)C(O)[C@H](O)C7NC(=O)OC(C)(C)C)C(C)C[C@@H](C)C6O)[C@@H](O)C5O[C@H]5O[C@@H](CNC(=O)OC(C)(C)C)C(O)C(O)C5NC(=O)OC(C)(C)C)nn4)nn3)O[C@@H](O[C@H]3C(O[C@H]4OC(CNC(=O)OC(C)(C)C)C(O)[C@H](O)C4C)C(NC(=O)OC(C)(C)C)C[C@@H](NC(=O)OC(C)(C)C)C3O)[C@H]2O)C(C)C(O)C1O. The fourth-order valence-corrected chi connectivity index (χ4v) is 18.3. The smallest absolute Gasteiger partial charge is 0.408 e. The van der Waals surface area contributed by atoms with Crippen molar-refractivity contribution in [3.63, 3.8) is 0 Å². The van der Waals surface area contributed by atoms with Crippen LogP contribution in [0.1, 0.15) is 230 Å². The third kappa shape index (κ3) is 34.1. The quantitative estimate of drug-likeness (QED) is 0.0357. The molecule has 6 saturated heterocycles. The third-order valence-corrected chi connectivity index (χ3v) is 25.3. The van der Waals surface area contributed by atoms with E-state index >= 15 is 0 Å². The number of aliphatic hydroxyl groups excluding tert-OH is 12. The number of aromatic nitrogens is 6. The van der Waals surface area contributed by atoms with Gasteiger partial charge in [-0.15, -0.1) is 10.2 Å². The molecule has 7 amide bonds. The summed E-state index contributed by atoms with van der Waals surface area (Å²) >= 11 is 0. The summed E-state index contributed by atoms with van der Waals surface area (Å²) in [6.07, 6.45) is -48.4. The fraction of sp³-hybridized carbons (Fsp3) is 0.884. The Balaban J connectivity index is 0.892. The molecule has 19 N–H and O–H groups in total. The van der Waals surface area contributed by atoms with E-state index in [1.54, 1.807) is 185 Å². The van der Waals surface area contributed by atoms with E-state index < -0.39 is 334 Å². The summed E-state index contributed by atoms with van der Waals surface area (Å²) in [4.78, 5) is 94.1. The van der Waals surface area contributed by atoms with Crippen molar-refractivity contribution in [3.05, 3.63) is 23.8 Å². The molecule has 0 bridgehead atoms. The van der Waals surface area contributed by atoms with Crippen molar-refractivity contribution >= 4 is 42.7 Å². The first-order chi connectivity index (χ1) is 67.6. The lowest BCUT2D eigenvalue weighted by Crippen LogP contribution is -2.68. The summed E-state index contributed by atoms with van der Waals surface area (Å²) in [6, 6.07) is -5.97. The summed E-state index contributed by atoms with van der Waals surface area (Å²) in [7, 11) is 0. The topological polar surface area (TPSA) is 683 Å². The van der Waals surface area contributed by atoms with Crippen LogP contribution in [0.2, 0.25) is 0 Å². The Morgan fingerprint density at radius 1 is 0.315 bits per heavy atom. The van der Waals surface area contributed by atoms with Crippen LogP contribution in [0.3, 0.4) is 0 Å². The predicted molar refractivity (Wildman–Crippen MR) is 506 cm³/mol. The zero-order chi connectivity index (χ0) is 109. The Morgan fingerprint density at radius 2 is 0.616 bits per heavy atom. The molecule has 836 valence electrons. The minimum atomic E-state index is -1.93. The molecule has 8 heterocycles. The van der Waals surface area contributed by atoms with Gasteiger partial charge < -0.3 is 188 Å². The molecule has 51 heteroatoms. The van der Waals surface area contributed by atoms with Crippen molar-refractivity contribution in [1.82, 2.24) is 67.2 Å². The molecule has 51 nitrogen and oxygen atoms in total. The molecule has 0 spiro atoms. The number of amides is 7. The third-order valence-electron chi connectivity index (χ3n) is 25.3. The molecule has 2 aliphatic carbocycles. The summed E-state index contributed by atoms with van der Waals surface area (Å²) in [6.45, 7) is 40.5. The molecule has 6 aliphatic heterocycles. The number of ether oxygens (including phenoxy) is 19. The van der Waals surface area contributed by atoms with Crippen molar-refractivity contribution < 1.29 is 185 Å². The number of nitrogens with zero attached hydrogens (tertiary/aromatic N) is 6. The second-order valence-corrected chi connectivity index (χ2v) is 46.2. The first kappa shape index (κ1) is 120. The maximum Gasteiger partial charge on any atom is 0.408 e.